The number of carbonyl (C=O) groups is 1. The van der Waals surface area contributed by atoms with E-state index >= 15 is 0 Å². The Hall–Kier alpha value is -1.27. The number of anilines is 1. The molecular formula is C15H20ClF3N2O. The van der Waals surface area contributed by atoms with Crippen molar-refractivity contribution in [1.29, 1.82) is 0 Å². The van der Waals surface area contributed by atoms with E-state index in [1.807, 2.05) is 6.92 Å². The van der Waals surface area contributed by atoms with Crippen molar-refractivity contribution in [3.63, 3.8) is 0 Å². The largest absolute Gasteiger partial charge is 0.389 e. The molecule has 1 aromatic rings. The van der Waals surface area contributed by atoms with Gasteiger partial charge >= 0.3 is 6.18 Å². The van der Waals surface area contributed by atoms with Gasteiger partial charge in [0.15, 0.2) is 0 Å². The molecule has 0 bridgehead atoms. The first-order chi connectivity index (χ1) is 9.85. The van der Waals surface area contributed by atoms with Crippen LogP contribution in [-0.2, 0) is 11.2 Å². The summed E-state index contributed by atoms with van der Waals surface area (Å²) in [6, 6.07) is 6.54. The van der Waals surface area contributed by atoms with Gasteiger partial charge in [0, 0.05) is 18.0 Å². The molecular weight excluding hydrogens is 317 g/mol. The first-order valence-electron chi connectivity index (χ1n) is 7.02. The van der Waals surface area contributed by atoms with E-state index in [1.54, 1.807) is 24.3 Å². The number of carbonyl (C=O) groups excluding carboxylic acids is 1. The molecule has 1 amide bonds. The summed E-state index contributed by atoms with van der Waals surface area (Å²) < 4.78 is 36.4. The van der Waals surface area contributed by atoms with Gasteiger partial charge in [0.25, 0.3) is 0 Å². The molecule has 2 N–H and O–H groups in total. The van der Waals surface area contributed by atoms with Gasteiger partial charge in [-0.2, -0.15) is 13.2 Å². The van der Waals surface area contributed by atoms with Gasteiger partial charge in [0.05, 0.1) is 0 Å². The van der Waals surface area contributed by atoms with Crippen LogP contribution in [0.1, 0.15) is 18.9 Å². The lowest BCUT2D eigenvalue weighted by atomic mass is 9.88. The minimum atomic E-state index is -4.14. The third-order valence-corrected chi connectivity index (χ3v) is 3.85. The van der Waals surface area contributed by atoms with Crippen LogP contribution < -0.4 is 10.6 Å². The fourth-order valence-corrected chi connectivity index (χ4v) is 2.18. The summed E-state index contributed by atoms with van der Waals surface area (Å²) in [6.45, 7) is 3.59. The van der Waals surface area contributed by atoms with E-state index in [4.69, 9.17) is 0 Å². The molecule has 2 rings (SSSR count). The fraction of sp³-hybridized carbons (Fsp3) is 0.533. The molecule has 7 heteroatoms. The Balaban J connectivity index is 0.00000242. The van der Waals surface area contributed by atoms with Crippen LogP contribution in [0, 0.1) is 11.8 Å². The molecule has 3 nitrogen and oxygen atoms in total. The van der Waals surface area contributed by atoms with Crippen LogP contribution in [0.4, 0.5) is 18.9 Å². The summed E-state index contributed by atoms with van der Waals surface area (Å²) in [5.41, 5.74) is 1.23. The zero-order chi connectivity index (χ0) is 15.5. The highest BCUT2D eigenvalue weighted by molar-refractivity contribution is 5.92. The highest BCUT2D eigenvalue weighted by Crippen LogP contribution is 2.23. The van der Waals surface area contributed by atoms with Crippen molar-refractivity contribution in [2.24, 2.45) is 11.8 Å². The van der Waals surface area contributed by atoms with Gasteiger partial charge in [-0.05, 0) is 43.1 Å². The lowest BCUT2D eigenvalue weighted by Gasteiger charge is -2.31. The highest BCUT2D eigenvalue weighted by atomic mass is 35.5. The second-order valence-corrected chi connectivity index (χ2v) is 5.51. The van der Waals surface area contributed by atoms with Gasteiger partial charge in [-0.15, -0.1) is 12.4 Å². The number of rotatable bonds is 5. The van der Waals surface area contributed by atoms with Crippen molar-refractivity contribution < 1.29 is 18.0 Å². The molecule has 1 unspecified atom stereocenters. The van der Waals surface area contributed by atoms with Crippen molar-refractivity contribution in [2.45, 2.75) is 25.9 Å². The Morgan fingerprint density at radius 1 is 1.32 bits per heavy atom. The van der Waals surface area contributed by atoms with Gasteiger partial charge in [-0.1, -0.05) is 19.1 Å². The molecule has 0 aromatic heterocycles. The Kier molecular flexibility index (Phi) is 6.68. The predicted octanol–water partition coefficient (Wildman–Crippen LogP) is 3.40. The van der Waals surface area contributed by atoms with Gasteiger partial charge in [-0.3, -0.25) is 4.79 Å². The number of hydrogen-bond donors (Lipinski definition) is 2. The average Bonchev–Trinajstić information content (AvgIpc) is 2.35. The predicted molar refractivity (Wildman–Crippen MR) is 82.2 cm³/mol. The first-order valence-corrected chi connectivity index (χ1v) is 7.02. The summed E-state index contributed by atoms with van der Waals surface area (Å²) in [5.74, 6) is 0.233. The van der Waals surface area contributed by atoms with E-state index < -0.39 is 12.6 Å². The number of amides is 1. The Morgan fingerprint density at radius 2 is 1.91 bits per heavy atom. The number of alkyl halides is 3. The summed E-state index contributed by atoms with van der Waals surface area (Å²) in [4.78, 5) is 12.0. The van der Waals surface area contributed by atoms with Crippen LogP contribution in [-0.4, -0.2) is 25.2 Å². The van der Waals surface area contributed by atoms with Gasteiger partial charge in [0.2, 0.25) is 5.91 Å². The van der Waals surface area contributed by atoms with Gasteiger partial charge < -0.3 is 10.6 Å². The van der Waals surface area contributed by atoms with Crippen molar-refractivity contribution >= 4 is 24.0 Å². The number of nitrogens with one attached hydrogen (secondary N) is 2. The molecule has 0 radical (unpaired) electrons. The first kappa shape index (κ1) is 18.8. The normalized spacial score (nSPS) is 16.4. The molecule has 1 saturated heterocycles. The second kappa shape index (κ2) is 7.83. The Labute approximate surface area is 134 Å². The molecule has 0 spiro atoms. The van der Waals surface area contributed by atoms with Gasteiger partial charge in [-0.25, -0.2) is 0 Å². The minimum Gasteiger partial charge on any atom is -0.326 e. The summed E-state index contributed by atoms with van der Waals surface area (Å²) >= 11 is 0. The maximum Gasteiger partial charge on any atom is 0.389 e. The van der Waals surface area contributed by atoms with Crippen molar-refractivity contribution in [3.05, 3.63) is 29.8 Å². The lowest BCUT2D eigenvalue weighted by molar-refractivity contribution is -0.134. The molecule has 1 heterocycles. The fourth-order valence-electron chi connectivity index (χ4n) is 2.18. The minimum absolute atomic E-state index is 0. The number of benzene rings is 1. The van der Waals surface area contributed by atoms with E-state index in [0.29, 0.717) is 17.2 Å². The molecule has 124 valence electrons. The van der Waals surface area contributed by atoms with Crippen LogP contribution in [0.2, 0.25) is 0 Å². The van der Waals surface area contributed by atoms with Crippen molar-refractivity contribution in [3.8, 4) is 0 Å². The zero-order valence-electron chi connectivity index (χ0n) is 12.2. The number of hydrogen-bond acceptors (Lipinski definition) is 2. The van der Waals surface area contributed by atoms with E-state index in [2.05, 4.69) is 10.6 Å². The maximum absolute atomic E-state index is 12.1. The number of aryl methyl sites for hydroxylation is 1. The summed E-state index contributed by atoms with van der Waals surface area (Å²) in [6.07, 6.45) is -5.01. The van der Waals surface area contributed by atoms with E-state index in [9.17, 15) is 18.0 Å². The smallest absolute Gasteiger partial charge is 0.326 e. The van der Waals surface area contributed by atoms with E-state index in [0.717, 1.165) is 13.1 Å². The van der Waals surface area contributed by atoms with Crippen LogP contribution >= 0.6 is 12.4 Å². The molecule has 1 aliphatic rings. The van der Waals surface area contributed by atoms with Crippen LogP contribution in [0.25, 0.3) is 0 Å². The molecule has 1 atom stereocenters. The molecule has 1 aromatic carbocycles. The topological polar surface area (TPSA) is 41.1 Å². The van der Waals surface area contributed by atoms with E-state index in [1.165, 1.54) is 0 Å². The monoisotopic (exact) mass is 336 g/mol. The molecule has 1 fully saturated rings. The molecule has 1 aliphatic heterocycles. The van der Waals surface area contributed by atoms with Crippen LogP contribution in [0.5, 0.6) is 0 Å². The standard InChI is InChI=1S/C15H19F3N2O.ClH/c1-10(12-8-19-9-12)14(21)20-13-4-2-11(3-5-13)6-7-15(16,17)18;/h2-5,10,12,19H,6-9H2,1H3,(H,20,21);1H. The van der Waals surface area contributed by atoms with Gasteiger partial charge in [0.1, 0.15) is 0 Å². The molecule has 0 aliphatic carbocycles. The number of halogens is 4. The molecule has 0 saturated carbocycles. The summed E-state index contributed by atoms with van der Waals surface area (Å²) in [5, 5.41) is 5.92. The Morgan fingerprint density at radius 3 is 2.36 bits per heavy atom. The van der Waals surface area contributed by atoms with Crippen molar-refractivity contribution in [1.82, 2.24) is 5.32 Å². The third-order valence-electron chi connectivity index (χ3n) is 3.85. The van der Waals surface area contributed by atoms with Crippen LogP contribution in [0.15, 0.2) is 24.3 Å². The lowest BCUT2D eigenvalue weighted by Crippen LogP contribution is -2.48. The molecule has 22 heavy (non-hydrogen) atoms. The SMILES string of the molecule is CC(C(=O)Nc1ccc(CCC(F)(F)F)cc1)C1CNC1.Cl. The maximum atomic E-state index is 12.1. The quantitative estimate of drug-likeness (QED) is 0.865. The highest BCUT2D eigenvalue weighted by Gasteiger charge is 2.29. The average molecular weight is 337 g/mol. The second-order valence-electron chi connectivity index (χ2n) is 5.51. The third kappa shape index (κ3) is 5.50. The Bertz CT molecular complexity index is 487. The van der Waals surface area contributed by atoms with Crippen LogP contribution in [0.3, 0.4) is 0 Å². The zero-order valence-corrected chi connectivity index (χ0v) is 13.1. The van der Waals surface area contributed by atoms with E-state index in [-0.39, 0.29) is 30.7 Å². The van der Waals surface area contributed by atoms with Crippen molar-refractivity contribution in [2.75, 3.05) is 18.4 Å². The summed E-state index contributed by atoms with van der Waals surface area (Å²) in [7, 11) is 0.